The van der Waals surface area contributed by atoms with Crippen LogP contribution in [0, 0.1) is 0 Å². The van der Waals surface area contributed by atoms with Crippen molar-refractivity contribution in [3.8, 4) is 17.2 Å². The Morgan fingerprint density at radius 2 is 0.857 bits per heavy atom. The zero-order valence-electron chi connectivity index (χ0n) is 19.2. The van der Waals surface area contributed by atoms with Crippen LogP contribution in [0.5, 0.6) is 17.2 Å². The van der Waals surface area contributed by atoms with Crippen molar-refractivity contribution in [3.63, 3.8) is 0 Å². The molecule has 3 fully saturated rings. The van der Waals surface area contributed by atoms with Gasteiger partial charge in [0.15, 0.2) is 7.14 Å². The van der Waals surface area contributed by atoms with Gasteiger partial charge in [0.05, 0.1) is 35.7 Å². The van der Waals surface area contributed by atoms with Crippen LogP contribution in [0.2, 0.25) is 0 Å². The van der Waals surface area contributed by atoms with Crippen LogP contribution < -0.4 is 30.1 Å². The quantitative estimate of drug-likeness (QED) is 0.283. The summed E-state index contributed by atoms with van der Waals surface area (Å²) >= 11 is 0. The first kappa shape index (κ1) is 22.6. The van der Waals surface area contributed by atoms with Gasteiger partial charge in [-0.25, -0.2) is 0 Å². The summed E-state index contributed by atoms with van der Waals surface area (Å²) in [6, 6.07) is 22.5. The smallest absolute Gasteiger partial charge is 0.181 e. The molecule has 0 bridgehead atoms. The molecule has 0 N–H and O–H groups in total. The van der Waals surface area contributed by atoms with Gasteiger partial charge in [-0.2, -0.15) is 0 Å². The monoisotopic (exact) mass is 494 g/mol. The van der Waals surface area contributed by atoms with Gasteiger partial charge in [0.25, 0.3) is 0 Å². The zero-order valence-corrected chi connectivity index (χ0v) is 20.1. The third-order valence-electron chi connectivity index (χ3n) is 6.09. The van der Waals surface area contributed by atoms with Gasteiger partial charge in [0.2, 0.25) is 0 Å². The molecule has 0 spiro atoms. The fraction of sp³-hybridized carbons (Fsp3) is 0.333. The molecule has 35 heavy (non-hydrogen) atoms. The minimum atomic E-state index is -3.51. The Balaban J connectivity index is 1.47. The molecule has 3 unspecified atom stereocenters. The van der Waals surface area contributed by atoms with Crippen LogP contribution in [0.4, 0.5) is 0 Å². The van der Waals surface area contributed by atoms with Gasteiger partial charge in [0.1, 0.15) is 55.4 Å². The standard InChI is InChI=1S/C27H27O7P/c28-35(25-10-4-1-7-22(25)32-16-19-13-29-19,26-11-5-2-8-23(26)33-17-20-14-30-20)27-12-6-3-9-24(27)34-18-21-15-31-21/h1-12,19-21H,13-18H2. The van der Waals surface area contributed by atoms with Crippen molar-refractivity contribution in [2.45, 2.75) is 18.3 Å². The highest BCUT2D eigenvalue weighted by Gasteiger charge is 2.39. The fourth-order valence-corrected chi connectivity index (χ4v) is 6.96. The lowest BCUT2D eigenvalue weighted by molar-refractivity contribution is 0.263. The van der Waals surface area contributed by atoms with E-state index in [0.29, 0.717) is 72.8 Å². The Bertz CT molecular complexity index is 1080. The summed E-state index contributed by atoms with van der Waals surface area (Å²) in [5.41, 5.74) is 0. The normalized spacial score (nSPS) is 23.7. The zero-order chi connectivity index (χ0) is 23.7. The molecule has 3 aromatic rings. The molecule has 3 saturated heterocycles. The second-order valence-corrected chi connectivity index (χ2v) is 11.5. The number of benzene rings is 3. The summed E-state index contributed by atoms with van der Waals surface area (Å²) in [7, 11) is -3.51. The molecule has 3 heterocycles. The molecule has 3 atom stereocenters. The highest BCUT2D eigenvalue weighted by Crippen LogP contribution is 2.49. The second-order valence-electron chi connectivity index (χ2n) is 8.81. The summed E-state index contributed by atoms with van der Waals surface area (Å²) in [5.74, 6) is 1.69. The van der Waals surface area contributed by atoms with Gasteiger partial charge in [-0.3, -0.25) is 0 Å². The van der Waals surface area contributed by atoms with Crippen molar-refractivity contribution >= 4 is 23.1 Å². The van der Waals surface area contributed by atoms with Gasteiger partial charge in [-0.05, 0) is 36.4 Å². The third kappa shape index (κ3) is 5.09. The SMILES string of the molecule is O=P(c1ccccc1OCC1CO1)(c1ccccc1OCC1CO1)c1ccccc1OCC1CO1. The lowest BCUT2D eigenvalue weighted by atomic mass is 10.3. The number of ether oxygens (including phenoxy) is 6. The molecule has 0 aliphatic carbocycles. The summed E-state index contributed by atoms with van der Waals surface area (Å²) < 4.78 is 49.9. The van der Waals surface area contributed by atoms with E-state index in [2.05, 4.69) is 0 Å². The Hall–Kier alpha value is -2.83. The van der Waals surface area contributed by atoms with Crippen LogP contribution in [0.15, 0.2) is 72.8 Å². The maximum Gasteiger partial charge on any atom is 0.181 e. The van der Waals surface area contributed by atoms with Crippen molar-refractivity contribution in [1.82, 2.24) is 0 Å². The first-order valence-corrected chi connectivity index (χ1v) is 13.5. The maximum atomic E-state index is 15.5. The molecule has 6 rings (SSSR count). The average molecular weight is 494 g/mol. The number of epoxide rings is 3. The Morgan fingerprint density at radius 3 is 1.14 bits per heavy atom. The molecule has 3 aromatic carbocycles. The summed E-state index contributed by atoms with van der Waals surface area (Å²) in [6.45, 7) is 3.26. The van der Waals surface area contributed by atoms with Crippen LogP contribution in [0.25, 0.3) is 0 Å². The van der Waals surface area contributed by atoms with Gasteiger partial charge < -0.3 is 33.0 Å². The predicted octanol–water partition coefficient (Wildman–Crippen LogP) is 2.66. The topological polar surface area (TPSA) is 82.4 Å². The van der Waals surface area contributed by atoms with Crippen LogP contribution in [-0.2, 0) is 18.8 Å². The van der Waals surface area contributed by atoms with E-state index in [0.717, 1.165) is 0 Å². The van der Waals surface area contributed by atoms with Crippen LogP contribution in [0.3, 0.4) is 0 Å². The van der Waals surface area contributed by atoms with Crippen molar-refractivity contribution < 1.29 is 33.0 Å². The van der Waals surface area contributed by atoms with Crippen LogP contribution >= 0.6 is 7.14 Å². The third-order valence-corrected chi connectivity index (χ3v) is 9.24. The van der Waals surface area contributed by atoms with Crippen LogP contribution in [-0.4, -0.2) is 58.0 Å². The van der Waals surface area contributed by atoms with Crippen molar-refractivity contribution in [2.24, 2.45) is 0 Å². The van der Waals surface area contributed by atoms with Gasteiger partial charge in [-0.1, -0.05) is 36.4 Å². The van der Waals surface area contributed by atoms with E-state index in [9.17, 15) is 0 Å². The molecule has 3 aliphatic heterocycles. The Morgan fingerprint density at radius 1 is 0.571 bits per heavy atom. The average Bonchev–Trinajstić information content (AvgIpc) is 3.76. The highest BCUT2D eigenvalue weighted by molar-refractivity contribution is 7.85. The largest absolute Gasteiger partial charge is 0.490 e. The first-order chi connectivity index (χ1) is 17.2. The molecular weight excluding hydrogens is 467 g/mol. The van der Waals surface area contributed by atoms with Gasteiger partial charge >= 0.3 is 0 Å². The van der Waals surface area contributed by atoms with Crippen molar-refractivity contribution in [3.05, 3.63) is 72.8 Å². The Labute approximate surface area is 204 Å². The summed E-state index contributed by atoms with van der Waals surface area (Å²) in [6.07, 6.45) is 0.224. The molecule has 3 aliphatic rings. The molecule has 0 amide bonds. The number of rotatable bonds is 12. The van der Waals surface area contributed by atoms with E-state index in [1.807, 2.05) is 72.8 Å². The van der Waals surface area contributed by atoms with E-state index < -0.39 is 7.14 Å². The first-order valence-electron chi connectivity index (χ1n) is 11.8. The second kappa shape index (κ2) is 9.67. The van der Waals surface area contributed by atoms with Gasteiger partial charge in [0, 0.05) is 0 Å². The predicted molar refractivity (Wildman–Crippen MR) is 132 cm³/mol. The van der Waals surface area contributed by atoms with E-state index >= 15 is 4.57 Å². The van der Waals surface area contributed by atoms with Crippen LogP contribution in [0.1, 0.15) is 0 Å². The van der Waals surface area contributed by atoms with E-state index in [4.69, 9.17) is 28.4 Å². The molecule has 182 valence electrons. The van der Waals surface area contributed by atoms with Crippen molar-refractivity contribution in [1.29, 1.82) is 0 Å². The molecule has 0 radical (unpaired) electrons. The molecule has 0 saturated carbocycles. The van der Waals surface area contributed by atoms with E-state index in [1.165, 1.54) is 0 Å². The fourth-order valence-electron chi connectivity index (χ4n) is 3.95. The summed E-state index contributed by atoms with van der Waals surface area (Å²) in [4.78, 5) is 0. The minimum absolute atomic E-state index is 0.0748. The maximum absolute atomic E-state index is 15.5. The number of para-hydroxylation sites is 3. The number of hydrogen-bond donors (Lipinski definition) is 0. The molecule has 7 nitrogen and oxygen atoms in total. The lowest BCUT2D eigenvalue weighted by Gasteiger charge is -2.26. The minimum Gasteiger partial charge on any atom is -0.490 e. The van der Waals surface area contributed by atoms with E-state index in [-0.39, 0.29) is 18.3 Å². The summed E-state index contributed by atoms with van der Waals surface area (Å²) in [5, 5.41) is 1.79. The number of hydrogen-bond acceptors (Lipinski definition) is 7. The van der Waals surface area contributed by atoms with E-state index in [1.54, 1.807) is 0 Å². The molecule has 8 heteroatoms. The molecule has 0 aromatic heterocycles. The molecular formula is C27H27O7P. The Kier molecular flexibility index (Phi) is 6.25. The van der Waals surface area contributed by atoms with Crippen molar-refractivity contribution in [2.75, 3.05) is 39.6 Å². The van der Waals surface area contributed by atoms with Gasteiger partial charge in [-0.15, -0.1) is 0 Å². The highest BCUT2D eigenvalue weighted by atomic mass is 31.2. The lowest BCUT2D eigenvalue weighted by Crippen LogP contribution is -2.29.